The molecule has 278 valence electrons. The molecule has 5 rings (SSSR count). The fourth-order valence-electron chi connectivity index (χ4n) is 4.98. The average Bonchev–Trinajstić information content (AvgIpc) is 3.84. The van der Waals surface area contributed by atoms with Gasteiger partial charge in [0.25, 0.3) is 23.6 Å². The van der Waals surface area contributed by atoms with E-state index in [1.54, 1.807) is 0 Å². The molecule has 2 saturated heterocycles. The number of oxime groups is 1. The van der Waals surface area contributed by atoms with Crippen molar-refractivity contribution in [3.8, 4) is 5.75 Å². The van der Waals surface area contributed by atoms with Crippen molar-refractivity contribution in [1.29, 1.82) is 0 Å². The van der Waals surface area contributed by atoms with Crippen LogP contribution in [0, 0.1) is 0 Å². The molecule has 5 heterocycles. The molecule has 3 aromatic heterocycles. The number of aliphatic carboxylic acids is 1. The van der Waals surface area contributed by atoms with Gasteiger partial charge in [-0.1, -0.05) is 10.3 Å². The Morgan fingerprint density at radius 2 is 1.94 bits per heavy atom. The number of carboxylic acid groups (broad SMARTS) is 1. The van der Waals surface area contributed by atoms with Gasteiger partial charge in [0.2, 0.25) is 28.3 Å². The van der Waals surface area contributed by atoms with Crippen LogP contribution in [-0.2, 0) is 29.5 Å². The maximum absolute atomic E-state index is 13.2. The first kappa shape index (κ1) is 37.1. The second-order valence-corrected chi connectivity index (χ2v) is 13.8. The van der Waals surface area contributed by atoms with Gasteiger partial charge in [-0.2, -0.15) is 22.5 Å². The smallest absolute Gasteiger partial charge is 0.362 e. The number of rotatable bonds is 12. The van der Waals surface area contributed by atoms with Crippen LogP contribution >= 0.6 is 11.5 Å². The van der Waals surface area contributed by atoms with Gasteiger partial charge in [0.1, 0.15) is 11.7 Å². The fourth-order valence-corrected chi connectivity index (χ4v) is 6.29. The van der Waals surface area contributed by atoms with Crippen LogP contribution in [0.15, 0.2) is 32.8 Å². The van der Waals surface area contributed by atoms with Crippen molar-refractivity contribution in [2.75, 3.05) is 25.4 Å². The molecule has 26 heteroatoms. The van der Waals surface area contributed by atoms with Crippen molar-refractivity contribution in [2.24, 2.45) is 5.16 Å². The Hall–Kier alpha value is -6.15. The number of carboxylic acids is 1. The van der Waals surface area contributed by atoms with E-state index in [2.05, 4.69) is 30.3 Å². The molecule has 3 atom stereocenters. The van der Waals surface area contributed by atoms with Gasteiger partial charge >= 0.3 is 16.3 Å². The number of nitrogen functional groups attached to an aromatic ring is 1. The van der Waals surface area contributed by atoms with Crippen molar-refractivity contribution in [2.45, 2.75) is 43.9 Å². The predicted molar refractivity (Wildman–Crippen MR) is 169 cm³/mol. The number of carbonyl (C=O) groups excluding carboxylic acids is 4. The average molecular weight is 769 g/mol. The van der Waals surface area contributed by atoms with Gasteiger partial charge < -0.3 is 46.0 Å². The first-order chi connectivity index (χ1) is 24.3. The van der Waals surface area contributed by atoms with Crippen LogP contribution in [0.1, 0.15) is 58.7 Å². The highest BCUT2D eigenvalue weighted by atomic mass is 32.2. The summed E-state index contributed by atoms with van der Waals surface area (Å²) in [6.07, 6.45) is 1.02. The molecule has 4 amide bonds. The summed E-state index contributed by atoms with van der Waals surface area (Å²) in [7, 11) is -5.19. The van der Waals surface area contributed by atoms with E-state index in [1.807, 2.05) is 0 Å². The normalized spacial score (nSPS) is 19.2. The van der Waals surface area contributed by atoms with Gasteiger partial charge in [0, 0.05) is 49.2 Å². The van der Waals surface area contributed by atoms with Gasteiger partial charge in [0.15, 0.2) is 10.9 Å². The molecule has 0 radical (unpaired) electrons. The van der Waals surface area contributed by atoms with Crippen LogP contribution in [0.5, 0.6) is 5.75 Å². The van der Waals surface area contributed by atoms with Crippen LogP contribution in [0.2, 0.25) is 0 Å². The minimum atomic E-state index is -5.19. The van der Waals surface area contributed by atoms with Crippen LogP contribution in [0.4, 0.5) is 5.13 Å². The molecule has 0 saturated carbocycles. The summed E-state index contributed by atoms with van der Waals surface area (Å²) >= 11 is 0.643. The monoisotopic (exact) mass is 768 g/mol. The molecule has 8 N–H and O–H groups in total. The molecule has 2 fully saturated rings. The molecule has 2 aliphatic rings. The van der Waals surface area contributed by atoms with Crippen molar-refractivity contribution in [1.82, 2.24) is 39.1 Å². The van der Waals surface area contributed by atoms with Crippen molar-refractivity contribution in [3.05, 3.63) is 51.5 Å². The molecular weight excluding hydrogens is 740 g/mol. The van der Waals surface area contributed by atoms with Crippen molar-refractivity contribution < 1.29 is 61.7 Å². The number of β-lactam (4-membered cyclic amide) rings is 1. The number of anilines is 1. The number of carbonyl (C=O) groups is 5. The number of pyridine rings is 1. The summed E-state index contributed by atoms with van der Waals surface area (Å²) in [5, 5.41) is 40.5. The maximum atomic E-state index is 13.2. The van der Waals surface area contributed by atoms with Crippen molar-refractivity contribution >= 4 is 62.3 Å². The van der Waals surface area contributed by atoms with E-state index in [0.717, 1.165) is 19.9 Å². The zero-order chi connectivity index (χ0) is 38.3. The number of amides is 4. The summed E-state index contributed by atoms with van der Waals surface area (Å²) in [4.78, 5) is 85.1. The number of likely N-dealkylation sites (tertiary alicyclic amines) is 1. The minimum absolute atomic E-state index is 0.00802. The van der Waals surface area contributed by atoms with E-state index in [0.29, 0.717) is 28.9 Å². The topological polar surface area (TPSA) is 352 Å². The summed E-state index contributed by atoms with van der Waals surface area (Å²) in [6.45, 7) is 1.77. The number of aromatic nitrogens is 4. The molecule has 0 aliphatic carbocycles. The predicted octanol–water partition coefficient (Wildman–Crippen LogP) is -2.65. The highest BCUT2D eigenvalue weighted by Crippen LogP contribution is 2.28. The van der Waals surface area contributed by atoms with E-state index in [-0.39, 0.29) is 34.0 Å². The number of hydrogen-bond acceptors (Lipinski definition) is 18. The molecule has 2 aliphatic heterocycles. The quantitative estimate of drug-likeness (QED) is 0.0325. The summed E-state index contributed by atoms with van der Waals surface area (Å²) in [5.74, 6) is -7.67. The largest absolute Gasteiger partial charge is 0.503 e. The second kappa shape index (κ2) is 13.9. The van der Waals surface area contributed by atoms with Crippen LogP contribution in [0.25, 0.3) is 0 Å². The van der Waals surface area contributed by atoms with Gasteiger partial charge in [-0.3, -0.25) is 28.5 Å². The molecule has 3 aromatic rings. The SMILES string of the molecule is CC(C)(O/N=C(\C(=O)NC1C(=O)N(S(=O)(=O)O)C1CNC(=O)c1cc(C2CCN(C(=O)c3cc(=O)c(O)cn3O)C2)no1)c1nsc(N)n1)C(=O)O. The molecule has 0 bridgehead atoms. The summed E-state index contributed by atoms with van der Waals surface area (Å²) in [6, 6.07) is -1.27. The van der Waals surface area contributed by atoms with Crippen LogP contribution in [0.3, 0.4) is 0 Å². The Kier molecular flexibility index (Phi) is 9.90. The zero-order valence-corrected chi connectivity index (χ0v) is 28.3. The third-order valence-electron chi connectivity index (χ3n) is 7.80. The second-order valence-electron chi connectivity index (χ2n) is 11.7. The van der Waals surface area contributed by atoms with Gasteiger partial charge in [-0.05, 0) is 20.3 Å². The van der Waals surface area contributed by atoms with E-state index in [1.165, 1.54) is 11.0 Å². The van der Waals surface area contributed by atoms with E-state index in [4.69, 9.17) is 15.1 Å². The Labute approximate surface area is 294 Å². The highest BCUT2D eigenvalue weighted by molar-refractivity contribution is 7.84. The van der Waals surface area contributed by atoms with Gasteiger partial charge in [-0.15, -0.1) is 0 Å². The lowest BCUT2D eigenvalue weighted by molar-refractivity contribution is -0.161. The third-order valence-corrected chi connectivity index (χ3v) is 9.29. The fraction of sp³-hybridized carbons (Fsp3) is 0.385. The number of nitrogens with zero attached hydrogens (tertiary/aromatic N) is 7. The molecule has 52 heavy (non-hydrogen) atoms. The Bertz CT molecular complexity index is 2160. The van der Waals surface area contributed by atoms with Crippen LogP contribution in [-0.4, -0.2) is 129 Å². The molecule has 24 nitrogen and oxygen atoms in total. The number of aromatic hydroxyl groups is 1. The zero-order valence-electron chi connectivity index (χ0n) is 26.7. The van der Waals surface area contributed by atoms with Crippen molar-refractivity contribution in [3.63, 3.8) is 0 Å². The number of hydrogen-bond donors (Lipinski definition) is 7. The lowest BCUT2D eigenvalue weighted by Crippen LogP contribution is -2.74. The highest BCUT2D eigenvalue weighted by Gasteiger charge is 2.54. The van der Waals surface area contributed by atoms with E-state index >= 15 is 0 Å². The lowest BCUT2D eigenvalue weighted by Gasteiger charge is -2.44. The summed E-state index contributed by atoms with van der Waals surface area (Å²) < 4.78 is 42.9. The molecule has 3 unspecified atom stereocenters. The molecule has 0 spiro atoms. The minimum Gasteiger partial charge on any atom is -0.503 e. The first-order valence-electron chi connectivity index (χ1n) is 14.7. The Morgan fingerprint density at radius 1 is 1.23 bits per heavy atom. The maximum Gasteiger partial charge on any atom is 0.362 e. The van der Waals surface area contributed by atoms with Gasteiger partial charge in [0.05, 0.1) is 17.9 Å². The van der Waals surface area contributed by atoms with E-state index in [9.17, 15) is 57.2 Å². The Morgan fingerprint density at radius 3 is 2.58 bits per heavy atom. The van der Waals surface area contributed by atoms with Gasteiger partial charge in [-0.25, -0.2) is 9.10 Å². The third kappa shape index (κ3) is 7.47. The molecular formula is C26H28N10O14S2. The standard InChI is InChI=1S/C26H28N10O14S2/c1-26(2,24(43)44)50-32-18(19-30-25(27)51-33-19)21(40)29-17-13(36(23(17)42)52(46,47)48)7-28-20(39)16-5-11(31-49-16)10-3-4-34(8-10)22(41)12-6-14(37)15(38)9-35(12)45/h5-6,9-10,13,17,38,45H,3-4,7-8H2,1-2H3,(H,28,39)(H,29,40)(H,43,44)(H2,27,30,33)(H,46,47,48)/b32-18-. The molecule has 0 aromatic carbocycles. The number of nitrogens with two attached hydrogens (primary N) is 1. The first-order valence-corrected chi connectivity index (χ1v) is 16.8. The van der Waals surface area contributed by atoms with Crippen LogP contribution < -0.4 is 21.8 Å². The van der Waals surface area contributed by atoms with E-state index < -0.39 is 98.5 Å². The number of nitrogens with one attached hydrogen (secondary N) is 2. The lowest BCUT2D eigenvalue weighted by atomic mass is 9.98. The Balaban J connectivity index is 1.26. The summed E-state index contributed by atoms with van der Waals surface area (Å²) in [5.41, 5.74) is 1.87.